The number of aryl methyl sites for hydroxylation is 1. The van der Waals surface area contributed by atoms with Gasteiger partial charge in [0.15, 0.2) is 0 Å². The van der Waals surface area contributed by atoms with E-state index >= 15 is 0 Å². The molecule has 2 atom stereocenters. The normalized spacial score (nSPS) is 20.5. The summed E-state index contributed by atoms with van der Waals surface area (Å²) >= 11 is 0. The third-order valence-electron chi connectivity index (χ3n) is 6.69. The average molecular weight is 462 g/mol. The largest absolute Gasteiger partial charge is 0.373 e. The zero-order valence-electron chi connectivity index (χ0n) is 18.8. The van der Waals surface area contributed by atoms with Gasteiger partial charge >= 0.3 is 0 Å². The third kappa shape index (κ3) is 3.82. The standard InChI is InChI=1S/C26H25F2N5O/c1-15-8-16(10-18(28)9-15)19-12-29-13-20(26-31-21-3-2-17(27)11-23(21)32-26)25(19)33-6-4-22-24(14-33)34-7-5-30-22/h2-3,8-13,22,24,30H,4-7,14H2,1H3,(H,31,32). The molecule has 2 aromatic heterocycles. The van der Waals surface area contributed by atoms with Gasteiger partial charge in [-0.3, -0.25) is 4.98 Å². The Morgan fingerprint density at radius 3 is 2.82 bits per heavy atom. The predicted molar refractivity (Wildman–Crippen MR) is 128 cm³/mol. The zero-order chi connectivity index (χ0) is 23.2. The predicted octanol–water partition coefficient (Wildman–Crippen LogP) is 4.45. The lowest BCUT2D eigenvalue weighted by Crippen LogP contribution is -2.57. The number of ether oxygens (including phenoxy) is 1. The van der Waals surface area contributed by atoms with Crippen LogP contribution in [0.1, 0.15) is 12.0 Å². The molecule has 2 aliphatic rings. The number of anilines is 1. The number of pyridine rings is 1. The maximum Gasteiger partial charge on any atom is 0.142 e. The average Bonchev–Trinajstić information content (AvgIpc) is 3.26. The highest BCUT2D eigenvalue weighted by Gasteiger charge is 2.34. The fourth-order valence-corrected chi connectivity index (χ4v) is 5.16. The summed E-state index contributed by atoms with van der Waals surface area (Å²) in [5.41, 5.74) is 5.43. The summed E-state index contributed by atoms with van der Waals surface area (Å²) in [6, 6.07) is 9.83. The summed E-state index contributed by atoms with van der Waals surface area (Å²) < 4.78 is 34.3. The van der Waals surface area contributed by atoms with Crippen molar-refractivity contribution in [1.82, 2.24) is 20.3 Å². The molecule has 174 valence electrons. The zero-order valence-corrected chi connectivity index (χ0v) is 18.8. The van der Waals surface area contributed by atoms with Crippen LogP contribution >= 0.6 is 0 Å². The van der Waals surface area contributed by atoms with Crippen LogP contribution in [0.2, 0.25) is 0 Å². The van der Waals surface area contributed by atoms with Crippen LogP contribution in [0, 0.1) is 18.6 Å². The van der Waals surface area contributed by atoms with Gasteiger partial charge in [-0.1, -0.05) is 6.07 Å². The van der Waals surface area contributed by atoms with Gasteiger partial charge in [0.2, 0.25) is 0 Å². The van der Waals surface area contributed by atoms with Gasteiger partial charge in [-0.15, -0.1) is 0 Å². The maximum absolute atomic E-state index is 14.4. The fraction of sp³-hybridized carbons (Fsp3) is 0.308. The Labute approximate surface area is 196 Å². The molecule has 4 heterocycles. The van der Waals surface area contributed by atoms with Gasteiger partial charge in [0.1, 0.15) is 17.5 Å². The molecular formula is C26H25F2N5O. The molecule has 0 aliphatic carbocycles. The Balaban J connectivity index is 1.52. The number of H-pyrrole nitrogens is 1. The minimum Gasteiger partial charge on any atom is -0.373 e. The number of nitrogens with zero attached hydrogens (tertiary/aromatic N) is 3. The van der Waals surface area contributed by atoms with Crippen LogP contribution in [0.25, 0.3) is 33.5 Å². The van der Waals surface area contributed by atoms with E-state index in [4.69, 9.17) is 9.72 Å². The number of piperidine rings is 1. The lowest BCUT2D eigenvalue weighted by Gasteiger charge is -2.43. The van der Waals surface area contributed by atoms with Gasteiger partial charge in [-0.05, 0) is 54.8 Å². The molecule has 0 spiro atoms. The number of morpholine rings is 1. The smallest absolute Gasteiger partial charge is 0.142 e. The maximum atomic E-state index is 14.4. The summed E-state index contributed by atoms with van der Waals surface area (Å²) in [6.45, 7) is 4.94. The van der Waals surface area contributed by atoms with E-state index in [2.05, 4.69) is 20.2 Å². The molecule has 2 aromatic carbocycles. The molecule has 4 aromatic rings. The van der Waals surface area contributed by atoms with Crippen LogP contribution in [0.5, 0.6) is 0 Å². The SMILES string of the molecule is Cc1cc(F)cc(-c2cncc(-c3nc4ccc(F)cc4[nH]3)c2N2CCC3NCCOC3C2)c1. The second-order valence-corrected chi connectivity index (χ2v) is 9.05. The number of fused-ring (bicyclic) bond motifs is 2. The molecule has 2 aliphatic heterocycles. The Morgan fingerprint density at radius 1 is 1.06 bits per heavy atom. The molecule has 0 bridgehead atoms. The van der Waals surface area contributed by atoms with E-state index < -0.39 is 0 Å². The first kappa shape index (κ1) is 21.2. The van der Waals surface area contributed by atoms with Crippen molar-refractivity contribution >= 4 is 16.7 Å². The second-order valence-electron chi connectivity index (χ2n) is 9.05. The number of nitrogens with one attached hydrogen (secondary N) is 2. The first-order chi connectivity index (χ1) is 16.5. The Bertz CT molecular complexity index is 1350. The molecule has 0 saturated carbocycles. The fourth-order valence-electron chi connectivity index (χ4n) is 5.16. The van der Waals surface area contributed by atoms with E-state index in [0.717, 1.165) is 47.5 Å². The molecule has 0 amide bonds. The van der Waals surface area contributed by atoms with Crippen LogP contribution in [0.15, 0.2) is 48.8 Å². The number of rotatable bonds is 3. The van der Waals surface area contributed by atoms with Crippen molar-refractivity contribution in [3.8, 4) is 22.5 Å². The molecule has 2 N–H and O–H groups in total. The Hall–Kier alpha value is -3.36. The van der Waals surface area contributed by atoms with Gasteiger partial charge in [0.25, 0.3) is 0 Å². The van der Waals surface area contributed by atoms with Gasteiger partial charge in [0.05, 0.1) is 35.0 Å². The molecule has 2 unspecified atom stereocenters. The van der Waals surface area contributed by atoms with Crippen LogP contribution in [-0.4, -0.2) is 53.3 Å². The molecule has 34 heavy (non-hydrogen) atoms. The first-order valence-electron chi connectivity index (χ1n) is 11.6. The van der Waals surface area contributed by atoms with Crippen molar-refractivity contribution in [1.29, 1.82) is 0 Å². The van der Waals surface area contributed by atoms with Crippen molar-refractivity contribution < 1.29 is 13.5 Å². The summed E-state index contributed by atoms with van der Waals surface area (Å²) in [7, 11) is 0. The Morgan fingerprint density at radius 2 is 1.94 bits per heavy atom. The Kier molecular flexibility index (Phi) is 5.27. The molecule has 8 heteroatoms. The number of hydrogen-bond acceptors (Lipinski definition) is 5. The minimum absolute atomic E-state index is 0.0652. The van der Waals surface area contributed by atoms with Crippen molar-refractivity contribution in [3.05, 3.63) is 66.0 Å². The summed E-state index contributed by atoms with van der Waals surface area (Å²) in [5, 5.41) is 3.56. The van der Waals surface area contributed by atoms with E-state index in [1.165, 1.54) is 24.3 Å². The number of benzene rings is 2. The lowest BCUT2D eigenvalue weighted by molar-refractivity contribution is -0.00899. The number of halogens is 2. The summed E-state index contributed by atoms with van der Waals surface area (Å²) in [5.74, 6) is -0.0129. The molecule has 0 radical (unpaired) electrons. The minimum atomic E-state index is -0.325. The topological polar surface area (TPSA) is 66.1 Å². The van der Waals surface area contributed by atoms with Crippen molar-refractivity contribution in [2.75, 3.05) is 31.1 Å². The number of aromatic nitrogens is 3. The quantitative estimate of drug-likeness (QED) is 0.472. The van der Waals surface area contributed by atoms with E-state index in [-0.39, 0.29) is 17.7 Å². The summed E-state index contributed by atoms with van der Waals surface area (Å²) in [4.78, 5) is 14.8. The van der Waals surface area contributed by atoms with Crippen LogP contribution in [0.3, 0.4) is 0 Å². The van der Waals surface area contributed by atoms with Gasteiger partial charge in [-0.2, -0.15) is 0 Å². The summed E-state index contributed by atoms with van der Waals surface area (Å²) in [6.07, 6.45) is 4.54. The highest BCUT2D eigenvalue weighted by atomic mass is 19.1. The monoisotopic (exact) mass is 461 g/mol. The molecule has 2 fully saturated rings. The molecule has 6 rings (SSSR count). The number of aromatic amines is 1. The van der Waals surface area contributed by atoms with Crippen LogP contribution < -0.4 is 10.2 Å². The number of hydrogen-bond donors (Lipinski definition) is 2. The van der Waals surface area contributed by atoms with Gasteiger partial charge < -0.3 is 19.9 Å². The van der Waals surface area contributed by atoms with Crippen molar-refractivity contribution in [2.24, 2.45) is 0 Å². The van der Waals surface area contributed by atoms with E-state index in [9.17, 15) is 8.78 Å². The third-order valence-corrected chi connectivity index (χ3v) is 6.69. The second kappa shape index (κ2) is 8.45. The molecule has 6 nitrogen and oxygen atoms in total. The van der Waals surface area contributed by atoms with Crippen LogP contribution in [0.4, 0.5) is 14.5 Å². The van der Waals surface area contributed by atoms with Crippen LogP contribution in [-0.2, 0) is 4.74 Å². The van der Waals surface area contributed by atoms with Gasteiger partial charge in [-0.25, -0.2) is 13.8 Å². The highest BCUT2D eigenvalue weighted by molar-refractivity contribution is 5.91. The number of imidazole rings is 1. The van der Waals surface area contributed by atoms with Gasteiger partial charge in [0, 0.05) is 43.6 Å². The lowest BCUT2D eigenvalue weighted by atomic mass is 9.95. The highest BCUT2D eigenvalue weighted by Crippen LogP contribution is 2.40. The first-order valence-corrected chi connectivity index (χ1v) is 11.6. The van der Waals surface area contributed by atoms with E-state index in [1.54, 1.807) is 18.5 Å². The molecular weight excluding hydrogens is 436 g/mol. The van der Waals surface area contributed by atoms with Crippen molar-refractivity contribution in [2.45, 2.75) is 25.5 Å². The van der Waals surface area contributed by atoms with E-state index in [0.29, 0.717) is 36.1 Å². The van der Waals surface area contributed by atoms with Crippen molar-refractivity contribution in [3.63, 3.8) is 0 Å². The molecule has 2 saturated heterocycles. The van der Waals surface area contributed by atoms with E-state index in [1.807, 2.05) is 13.0 Å².